The van der Waals surface area contributed by atoms with E-state index in [1.807, 2.05) is 18.2 Å². The van der Waals surface area contributed by atoms with E-state index in [1.165, 1.54) is 5.56 Å². The number of hydrogen-bond donors (Lipinski definition) is 2. The van der Waals surface area contributed by atoms with Crippen LogP contribution < -0.4 is 11.1 Å². The molecule has 0 atom stereocenters. The number of aryl methyl sites for hydroxylation is 1. The van der Waals surface area contributed by atoms with Gasteiger partial charge in [-0.2, -0.15) is 0 Å². The molecule has 1 aromatic carbocycles. The van der Waals surface area contributed by atoms with Crippen molar-refractivity contribution < 1.29 is 0 Å². The number of benzene rings is 1. The summed E-state index contributed by atoms with van der Waals surface area (Å²) in [5, 5.41) is 3.09. The second-order valence-electron chi connectivity index (χ2n) is 4.84. The van der Waals surface area contributed by atoms with Crippen LogP contribution in [0, 0.1) is 6.92 Å². The van der Waals surface area contributed by atoms with Crippen molar-refractivity contribution in [3.8, 4) is 0 Å². The van der Waals surface area contributed by atoms with Gasteiger partial charge in [0.1, 0.15) is 0 Å². The molecule has 0 radical (unpaired) electrons. The summed E-state index contributed by atoms with van der Waals surface area (Å²) in [6.45, 7) is 8.00. The summed E-state index contributed by atoms with van der Waals surface area (Å²) in [7, 11) is 2.09. The Morgan fingerprint density at radius 1 is 1.42 bits per heavy atom. The Morgan fingerprint density at radius 3 is 2.68 bits per heavy atom. The van der Waals surface area contributed by atoms with E-state index in [0.717, 1.165) is 12.2 Å². The molecule has 4 nitrogen and oxygen atoms in total. The predicted octanol–water partition coefficient (Wildman–Crippen LogP) is 2.68. The van der Waals surface area contributed by atoms with Crippen molar-refractivity contribution in [3.05, 3.63) is 29.8 Å². The van der Waals surface area contributed by atoms with Crippen LogP contribution in [0.15, 0.2) is 29.3 Å². The van der Waals surface area contributed by atoms with E-state index >= 15 is 0 Å². The molecule has 1 rings (SSSR count). The molecule has 0 aliphatic rings. The van der Waals surface area contributed by atoms with E-state index < -0.39 is 0 Å². The van der Waals surface area contributed by atoms with Gasteiger partial charge < -0.3 is 16.0 Å². The van der Waals surface area contributed by atoms with Crippen molar-refractivity contribution in [2.45, 2.75) is 26.8 Å². The highest BCUT2D eigenvalue weighted by molar-refractivity contribution is 14.0. The monoisotopic (exact) mass is 376 g/mol. The Labute approximate surface area is 133 Å². The molecule has 0 fully saturated rings. The Morgan fingerprint density at radius 2 is 2.11 bits per heavy atom. The van der Waals surface area contributed by atoms with Crippen molar-refractivity contribution in [2.75, 3.05) is 25.5 Å². The van der Waals surface area contributed by atoms with Gasteiger partial charge in [0.2, 0.25) is 0 Å². The Balaban J connectivity index is 0.00000324. The fraction of sp³-hybridized carbons (Fsp3) is 0.500. The standard InChI is InChI=1S/C14H24N4.HI/c1-11(2)18(4)9-8-16-14(15)17-13-7-5-6-12(3)10-13;/h5-7,10-11H,8-9H2,1-4H3,(H3,15,16,17);1H. The summed E-state index contributed by atoms with van der Waals surface area (Å²) in [6.07, 6.45) is 0. The van der Waals surface area contributed by atoms with Gasteiger partial charge in [-0.1, -0.05) is 12.1 Å². The molecule has 0 aromatic heterocycles. The Hall–Kier alpha value is -0.820. The van der Waals surface area contributed by atoms with Crippen molar-refractivity contribution in [3.63, 3.8) is 0 Å². The molecule has 0 amide bonds. The minimum atomic E-state index is 0. The molecule has 0 unspecified atom stereocenters. The molecule has 1 aromatic rings. The molecule has 0 aliphatic heterocycles. The first-order valence-electron chi connectivity index (χ1n) is 6.33. The van der Waals surface area contributed by atoms with Gasteiger partial charge in [-0.25, -0.2) is 0 Å². The number of guanidine groups is 1. The minimum Gasteiger partial charge on any atom is -0.370 e. The van der Waals surface area contributed by atoms with Gasteiger partial charge in [0.15, 0.2) is 5.96 Å². The summed E-state index contributed by atoms with van der Waals surface area (Å²) >= 11 is 0. The number of nitrogens with zero attached hydrogens (tertiary/aromatic N) is 2. The fourth-order valence-electron chi connectivity index (χ4n) is 1.50. The van der Waals surface area contributed by atoms with Crippen LogP contribution in [0.25, 0.3) is 0 Å². The number of likely N-dealkylation sites (N-methyl/N-ethyl adjacent to an activating group) is 1. The summed E-state index contributed by atoms with van der Waals surface area (Å²) in [5.74, 6) is 0.470. The van der Waals surface area contributed by atoms with Gasteiger partial charge in [-0.3, -0.25) is 4.99 Å². The molecule has 3 N–H and O–H groups in total. The molecular weight excluding hydrogens is 351 g/mol. The molecule has 0 spiro atoms. The highest BCUT2D eigenvalue weighted by Gasteiger charge is 2.01. The first kappa shape index (κ1) is 18.2. The van der Waals surface area contributed by atoms with E-state index in [9.17, 15) is 0 Å². The third-order valence-electron chi connectivity index (χ3n) is 2.91. The van der Waals surface area contributed by atoms with Crippen molar-refractivity contribution in [2.24, 2.45) is 10.7 Å². The summed E-state index contributed by atoms with van der Waals surface area (Å²) in [5.41, 5.74) is 8.02. The lowest BCUT2D eigenvalue weighted by atomic mass is 10.2. The van der Waals surface area contributed by atoms with Gasteiger partial charge >= 0.3 is 0 Å². The van der Waals surface area contributed by atoms with Crippen LogP contribution in [0.4, 0.5) is 5.69 Å². The molecule has 19 heavy (non-hydrogen) atoms. The number of halogens is 1. The van der Waals surface area contributed by atoms with Crippen LogP contribution in [-0.4, -0.2) is 37.0 Å². The Bertz CT molecular complexity index is 404. The topological polar surface area (TPSA) is 53.6 Å². The van der Waals surface area contributed by atoms with Crippen LogP contribution in [0.1, 0.15) is 19.4 Å². The number of anilines is 1. The molecule has 0 heterocycles. The highest BCUT2D eigenvalue weighted by Crippen LogP contribution is 2.08. The van der Waals surface area contributed by atoms with Gasteiger partial charge in [0, 0.05) is 18.3 Å². The van der Waals surface area contributed by atoms with Crippen molar-refractivity contribution in [1.82, 2.24) is 4.90 Å². The van der Waals surface area contributed by atoms with E-state index in [2.05, 4.69) is 49.1 Å². The van der Waals surface area contributed by atoms with Gasteiger partial charge in [0.25, 0.3) is 0 Å². The smallest absolute Gasteiger partial charge is 0.193 e. The normalized spacial score (nSPS) is 11.6. The maximum Gasteiger partial charge on any atom is 0.193 e. The van der Waals surface area contributed by atoms with Crippen LogP contribution >= 0.6 is 24.0 Å². The molecule has 0 aliphatic carbocycles. The minimum absolute atomic E-state index is 0. The third-order valence-corrected chi connectivity index (χ3v) is 2.91. The lowest BCUT2D eigenvalue weighted by Crippen LogP contribution is -2.30. The first-order chi connectivity index (χ1) is 8.49. The summed E-state index contributed by atoms with van der Waals surface area (Å²) < 4.78 is 0. The molecule has 0 saturated carbocycles. The van der Waals surface area contributed by atoms with Crippen LogP contribution in [-0.2, 0) is 0 Å². The molecule has 108 valence electrons. The van der Waals surface area contributed by atoms with Crippen LogP contribution in [0.3, 0.4) is 0 Å². The number of nitrogens with one attached hydrogen (secondary N) is 1. The zero-order chi connectivity index (χ0) is 13.5. The van der Waals surface area contributed by atoms with Crippen LogP contribution in [0.2, 0.25) is 0 Å². The van der Waals surface area contributed by atoms with Crippen LogP contribution in [0.5, 0.6) is 0 Å². The lowest BCUT2D eigenvalue weighted by molar-refractivity contribution is 0.282. The van der Waals surface area contributed by atoms with Gasteiger partial charge in [-0.05, 0) is 45.5 Å². The molecule has 5 heteroatoms. The SMILES string of the molecule is Cc1cccc(NC(N)=NCCN(C)C(C)C)c1.I. The maximum absolute atomic E-state index is 5.84. The van der Waals surface area contributed by atoms with E-state index in [4.69, 9.17) is 5.73 Å². The van der Waals surface area contributed by atoms with E-state index in [-0.39, 0.29) is 24.0 Å². The average Bonchev–Trinajstić information content (AvgIpc) is 2.28. The zero-order valence-electron chi connectivity index (χ0n) is 12.2. The molecular formula is C14H25IN4. The quantitative estimate of drug-likeness (QED) is 0.472. The van der Waals surface area contributed by atoms with Crippen molar-refractivity contribution in [1.29, 1.82) is 0 Å². The highest BCUT2D eigenvalue weighted by atomic mass is 127. The van der Waals surface area contributed by atoms with E-state index in [0.29, 0.717) is 18.5 Å². The number of aliphatic imine (C=N–C) groups is 1. The first-order valence-corrected chi connectivity index (χ1v) is 6.33. The maximum atomic E-state index is 5.84. The largest absolute Gasteiger partial charge is 0.370 e. The summed E-state index contributed by atoms with van der Waals surface area (Å²) in [4.78, 5) is 6.55. The third kappa shape index (κ3) is 7.37. The van der Waals surface area contributed by atoms with Crippen molar-refractivity contribution >= 4 is 35.6 Å². The predicted molar refractivity (Wildman–Crippen MR) is 94.5 cm³/mol. The van der Waals surface area contributed by atoms with E-state index in [1.54, 1.807) is 0 Å². The number of hydrogen-bond acceptors (Lipinski definition) is 2. The molecule has 0 saturated heterocycles. The van der Waals surface area contributed by atoms with Gasteiger partial charge in [-0.15, -0.1) is 24.0 Å². The number of rotatable bonds is 5. The second-order valence-corrected chi connectivity index (χ2v) is 4.84. The second kappa shape index (κ2) is 9.14. The average molecular weight is 376 g/mol. The Kier molecular flexibility index (Phi) is 8.75. The fourth-order valence-corrected chi connectivity index (χ4v) is 1.50. The zero-order valence-corrected chi connectivity index (χ0v) is 14.5. The lowest BCUT2D eigenvalue weighted by Gasteiger charge is -2.19. The van der Waals surface area contributed by atoms with Gasteiger partial charge in [0.05, 0.1) is 6.54 Å². The summed E-state index contributed by atoms with van der Waals surface area (Å²) in [6, 6.07) is 8.61. The molecule has 0 bridgehead atoms. The number of nitrogens with two attached hydrogens (primary N) is 1.